The molecule has 27 heavy (non-hydrogen) atoms. The minimum absolute atomic E-state index is 0.234. The fraction of sp³-hybridized carbons (Fsp3) is 0.550. The monoisotopic (exact) mass is 370 g/mol. The van der Waals surface area contributed by atoms with Gasteiger partial charge in [-0.1, -0.05) is 30.3 Å². The summed E-state index contributed by atoms with van der Waals surface area (Å²) in [4.78, 5) is 4.72. The number of methoxy groups -OCH3 is 1. The molecule has 2 aromatic rings. The van der Waals surface area contributed by atoms with Crippen molar-refractivity contribution in [1.29, 1.82) is 0 Å². The second-order valence-corrected chi connectivity index (χ2v) is 7.16. The van der Waals surface area contributed by atoms with Crippen LogP contribution in [0.4, 0.5) is 0 Å². The van der Waals surface area contributed by atoms with Gasteiger partial charge in [-0.25, -0.2) is 4.99 Å². The van der Waals surface area contributed by atoms with E-state index in [9.17, 15) is 0 Å². The van der Waals surface area contributed by atoms with E-state index >= 15 is 0 Å². The van der Waals surface area contributed by atoms with Crippen LogP contribution in [0.25, 0.3) is 0 Å². The van der Waals surface area contributed by atoms with Gasteiger partial charge in [0.05, 0.1) is 0 Å². The van der Waals surface area contributed by atoms with Crippen LogP contribution < -0.4 is 10.6 Å². The molecule has 146 valence electrons. The van der Waals surface area contributed by atoms with E-state index in [4.69, 9.17) is 9.73 Å². The molecule has 1 saturated carbocycles. The molecule has 0 radical (unpaired) electrons. The Morgan fingerprint density at radius 3 is 2.63 bits per heavy atom. The van der Waals surface area contributed by atoms with Crippen molar-refractivity contribution < 1.29 is 4.74 Å². The van der Waals surface area contributed by atoms with Gasteiger partial charge in [0, 0.05) is 39.3 Å². The largest absolute Gasteiger partial charge is 0.385 e. The lowest BCUT2D eigenvalue weighted by Crippen LogP contribution is -2.42. The van der Waals surface area contributed by atoms with E-state index < -0.39 is 0 Å². The normalized spacial score (nSPS) is 15.6. The molecule has 1 fully saturated rings. The summed E-state index contributed by atoms with van der Waals surface area (Å²) in [5.74, 6) is 2.56. The zero-order chi connectivity index (χ0) is 19.1. The van der Waals surface area contributed by atoms with Crippen LogP contribution in [0.3, 0.4) is 0 Å². The number of hydrogen-bond donors (Lipinski definition) is 2. The number of rotatable bonds is 9. The SMILES string of the molecule is COCCCNC(=NCc1nnc(C)n1C)NCC1(c2ccccc2)CC1. The number of guanidine groups is 1. The average molecular weight is 371 g/mol. The summed E-state index contributed by atoms with van der Waals surface area (Å²) in [6.45, 7) is 4.87. The Balaban J connectivity index is 1.62. The summed E-state index contributed by atoms with van der Waals surface area (Å²) < 4.78 is 7.10. The standard InChI is InChI=1S/C20H30N6O/c1-16-24-25-18(26(16)2)14-22-19(21-12-7-13-27-3)23-15-20(10-11-20)17-8-5-4-6-9-17/h4-6,8-9H,7,10-15H2,1-3H3,(H2,21,22,23). The van der Waals surface area contributed by atoms with Gasteiger partial charge in [-0.3, -0.25) is 0 Å². The number of ether oxygens (including phenoxy) is 1. The second kappa shape index (κ2) is 8.99. The molecular formula is C20H30N6O. The van der Waals surface area contributed by atoms with E-state index in [1.807, 2.05) is 18.5 Å². The van der Waals surface area contributed by atoms with Crippen LogP contribution in [0.2, 0.25) is 0 Å². The van der Waals surface area contributed by atoms with Crippen LogP contribution in [-0.4, -0.2) is 47.5 Å². The maximum absolute atomic E-state index is 5.13. The van der Waals surface area contributed by atoms with E-state index in [0.29, 0.717) is 6.54 Å². The highest BCUT2D eigenvalue weighted by atomic mass is 16.5. The van der Waals surface area contributed by atoms with Gasteiger partial charge >= 0.3 is 0 Å². The van der Waals surface area contributed by atoms with Gasteiger partial charge in [0.1, 0.15) is 12.4 Å². The summed E-state index contributed by atoms with van der Waals surface area (Å²) in [5.41, 5.74) is 1.64. The van der Waals surface area contributed by atoms with Crippen LogP contribution in [-0.2, 0) is 23.7 Å². The van der Waals surface area contributed by atoms with Crippen LogP contribution in [0.15, 0.2) is 35.3 Å². The predicted molar refractivity (Wildman–Crippen MR) is 107 cm³/mol. The van der Waals surface area contributed by atoms with Gasteiger partial charge in [-0.2, -0.15) is 0 Å². The Morgan fingerprint density at radius 2 is 2.00 bits per heavy atom. The minimum atomic E-state index is 0.234. The molecule has 0 atom stereocenters. The molecule has 0 unspecified atom stereocenters. The molecule has 0 aliphatic heterocycles. The quantitative estimate of drug-likeness (QED) is 0.401. The maximum atomic E-state index is 5.13. The molecule has 0 spiro atoms. The summed E-state index contributed by atoms with van der Waals surface area (Å²) in [6.07, 6.45) is 3.36. The lowest BCUT2D eigenvalue weighted by molar-refractivity contribution is 0.195. The van der Waals surface area contributed by atoms with Crippen molar-refractivity contribution in [2.45, 2.75) is 38.1 Å². The Morgan fingerprint density at radius 1 is 1.22 bits per heavy atom. The molecule has 1 heterocycles. The van der Waals surface area contributed by atoms with Crippen molar-refractivity contribution in [1.82, 2.24) is 25.4 Å². The molecule has 2 N–H and O–H groups in total. The zero-order valence-electron chi connectivity index (χ0n) is 16.5. The Labute approximate surface area is 161 Å². The van der Waals surface area contributed by atoms with Gasteiger partial charge in [0.25, 0.3) is 0 Å². The molecule has 3 rings (SSSR count). The fourth-order valence-electron chi connectivity index (χ4n) is 3.10. The smallest absolute Gasteiger partial charge is 0.191 e. The van der Waals surface area contributed by atoms with Crippen molar-refractivity contribution in [3.05, 3.63) is 47.5 Å². The molecule has 1 aliphatic rings. The van der Waals surface area contributed by atoms with Crippen LogP contribution in [0, 0.1) is 6.92 Å². The fourth-order valence-corrected chi connectivity index (χ4v) is 3.10. The molecular weight excluding hydrogens is 340 g/mol. The van der Waals surface area contributed by atoms with Crippen molar-refractivity contribution in [2.24, 2.45) is 12.0 Å². The number of aryl methyl sites for hydroxylation is 1. The number of aliphatic imine (C=N–C) groups is 1. The second-order valence-electron chi connectivity index (χ2n) is 7.16. The van der Waals surface area contributed by atoms with Crippen molar-refractivity contribution in [2.75, 3.05) is 26.8 Å². The van der Waals surface area contributed by atoms with Crippen LogP contribution in [0.1, 0.15) is 36.5 Å². The first-order valence-electron chi connectivity index (χ1n) is 9.56. The maximum Gasteiger partial charge on any atom is 0.191 e. The van der Waals surface area contributed by atoms with Gasteiger partial charge in [-0.05, 0) is 31.7 Å². The molecule has 0 bridgehead atoms. The van der Waals surface area contributed by atoms with Gasteiger partial charge in [-0.15, -0.1) is 10.2 Å². The number of hydrogen-bond acceptors (Lipinski definition) is 4. The van der Waals surface area contributed by atoms with E-state index in [0.717, 1.165) is 43.7 Å². The number of nitrogens with one attached hydrogen (secondary N) is 2. The molecule has 1 aromatic heterocycles. The number of benzene rings is 1. The van der Waals surface area contributed by atoms with Gasteiger partial charge in [0.2, 0.25) is 0 Å². The Bertz CT molecular complexity index is 751. The Hall–Kier alpha value is -2.41. The summed E-state index contributed by atoms with van der Waals surface area (Å²) in [6, 6.07) is 10.7. The first-order valence-corrected chi connectivity index (χ1v) is 9.56. The molecule has 0 saturated heterocycles. The highest BCUT2D eigenvalue weighted by Crippen LogP contribution is 2.47. The molecule has 7 heteroatoms. The van der Waals surface area contributed by atoms with Crippen molar-refractivity contribution in [3.8, 4) is 0 Å². The lowest BCUT2D eigenvalue weighted by Gasteiger charge is -2.19. The summed E-state index contributed by atoms with van der Waals surface area (Å²) in [7, 11) is 3.69. The minimum Gasteiger partial charge on any atom is -0.385 e. The third-order valence-corrected chi connectivity index (χ3v) is 5.21. The van der Waals surface area contributed by atoms with Crippen molar-refractivity contribution >= 4 is 5.96 Å². The predicted octanol–water partition coefficient (Wildman–Crippen LogP) is 1.93. The van der Waals surface area contributed by atoms with Gasteiger partial charge in [0.15, 0.2) is 11.8 Å². The highest BCUT2D eigenvalue weighted by Gasteiger charge is 2.44. The van der Waals surface area contributed by atoms with E-state index in [1.165, 1.54) is 18.4 Å². The van der Waals surface area contributed by atoms with Crippen LogP contribution >= 0.6 is 0 Å². The average Bonchev–Trinajstić information content (AvgIpc) is 3.43. The third kappa shape index (κ3) is 5.07. The molecule has 7 nitrogen and oxygen atoms in total. The van der Waals surface area contributed by atoms with E-state index in [1.54, 1.807) is 7.11 Å². The van der Waals surface area contributed by atoms with Crippen LogP contribution in [0.5, 0.6) is 0 Å². The zero-order valence-corrected chi connectivity index (χ0v) is 16.5. The number of aromatic nitrogens is 3. The van der Waals surface area contributed by atoms with E-state index in [-0.39, 0.29) is 5.41 Å². The summed E-state index contributed by atoms with van der Waals surface area (Å²) >= 11 is 0. The first-order chi connectivity index (χ1) is 13.1. The highest BCUT2D eigenvalue weighted by molar-refractivity contribution is 5.80. The number of nitrogens with zero attached hydrogens (tertiary/aromatic N) is 4. The van der Waals surface area contributed by atoms with E-state index in [2.05, 4.69) is 51.2 Å². The van der Waals surface area contributed by atoms with Crippen molar-refractivity contribution in [3.63, 3.8) is 0 Å². The molecule has 0 amide bonds. The lowest BCUT2D eigenvalue weighted by atomic mass is 9.96. The Kier molecular flexibility index (Phi) is 6.45. The first kappa shape index (κ1) is 19.4. The summed E-state index contributed by atoms with van der Waals surface area (Å²) in [5, 5.41) is 15.2. The topological polar surface area (TPSA) is 76.4 Å². The van der Waals surface area contributed by atoms with Gasteiger partial charge < -0.3 is 19.9 Å². The molecule has 1 aliphatic carbocycles. The third-order valence-electron chi connectivity index (χ3n) is 5.21. The molecule has 1 aromatic carbocycles.